The molecule has 12 aromatic rings. The highest BCUT2D eigenvalue weighted by Crippen LogP contribution is 2.57. The Balaban J connectivity index is 1.16. The topological polar surface area (TPSA) is 30.2 Å². The first-order chi connectivity index (χ1) is 27.7. The first kappa shape index (κ1) is 30.3. The number of benzene rings is 9. The largest absolute Gasteiger partial charge is 0.308 e. The van der Waals surface area contributed by atoms with Crippen LogP contribution in [0, 0.1) is 0 Å². The van der Waals surface area contributed by atoms with E-state index in [1.807, 2.05) is 0 Å². The van der Waals surface area contributed by atoms with Crippen molar-refractivity contribution < 1.29 is 0 Å². The molecule has 0 fully saturated rings. The highest BCUT2D eigenvalue weighted by molar-refractivity contribution is 6.29. The Hall–Kier alpha value is -7.10. The van der Waals surface area contributed by atoms with Gasteiger partial charge in [-0.25, -0.2) is 9.97 Å². The van der Waals surface area contributed by atoms with E-state index in [0.29, 0.717) is 0 Å². The van der Waals surface area contributed by atoms with Gasteiger partial charge < -0.3 is 4.40 Å². The van der Waals surface area contributed by atoms with E-state index in [4.69, 9.17) is 9.97 Å². The number of rotatable bonds is 2. The molecule has 0 saturated carbocycles. The molecule has 3 nitrogen and oxygen atoms in total. The van der Waals surface area contributed by atoms with E-state index in [1.165, 1.54) is 92.7 Å². The quantitative estimate of drug-likeness (QED) is 0.167. The Morgan fingerprint density at radius 1 is 0.446 bits per heavy atom. The molecule has 260 valence electrons. The molecule has 56 heavy (non-hydrogen) atoms. The van der Waals surface area contributed by atoms with Crippen LogP contribution in [0.1, 0.15) is 35.6 Å². The molecule has 0 amide bonds. The van der Waals surface area contributed by atoms with E-state index in [2.05, 4.69) is 181 Å². The Kier molecular flexibility index (Phi) is 5.94. The second-order valence-electron chi connectivity index (χ2n) is 15.7. The molecular formula is C53H33N3. The van der Waals surface area contributed by atoms with Gasteiger partial charge in [0.2, 0.25) is 0 Å². The molecule has 1 aliphatic rings. The number of aromatic nitrogens is 3. The van der Waals surface area contributed by atoms with Crippen LogP contribution >= 0.6 is 0 Å². The van der Waals surface area contributed by atoms with Gasteiger partial charge in [0.05, 0.1) is 27.8 Å². The fourth-order valence-corrected chi connectivity index (χ4v) is 10.5. The number of para-hydroxylation sites is 3. The SMILES string of the molecule is CC1c2ccc3ccccc3c2-c2c(cc3c4ccccc4n4c5ccccc5c2c34)C1c1nc(-c2ccc3c(ccc4ccccc43)c2)nc2ccccc12. The van der Waals surface area contributed by atoms with E-state index in [1.54, 1.807) is 0 Å². The van der Waals surface area contributed by atoms with Crippen LogP contribution in [0.4, 0.5) is 0 Å². The summed E-state index contributed by atoms with van der Waals surface area (Å²) in [5.74, 6) is 0.885. The molecule has 3 heteroatoms. The molecular weight excluding hydrogens is 679 g/mol. The predicted molar refractivity (Wildman–Crippen MR) is 234 cm³/mol. The molecule has 0 saturated heterocycles. The van der Waals surface area contributed by atoms with Crippen molar-refractivity contribution in [3.63, 3.8) is 0 Å². The van der Waals surface area contributed by atoms with Crippen molar-refractivity contribution in [2.45, 2.75) is 18.8 Å². The highest BCUT2D eigenvalue weighted by atomic mass is 14.9. The molecule has 0 N–H and O–H groups in total. The van der Waals surface area contributed by atoms with Gasteiger partial charge in [0.1, 0.15) is 0 Å². The zero-order chi connectivity index (χ0) is 36.6. The summed E-state index contributed by atoms with van der Waals surface area (Å²) in [4.78, 5) is 11.0. The van der Waals surface area contributed by atoms with Gasteiger partial charge in [-0.1, -0.05) is 146 Å². The van der Waals surface area contributed by atoms with Crippen LogP contribution < -0.4 is 0 Å². The molecule has 2 unspecified atom stereocenters. The first-order valence-electron chi connectivity index (χ1n) is 19.6. The van der Waals surface area contributed by atoms with Gasteiger partial charge in [-0.05, 0) is 90.8 Å². The van der Waals surface area contributed by atoms with Crippen LogP contribution in [-0.4, -0.2) is 14.4 Å². The standard InChI is InChI=1S/C53H33N3/c1-30-35-26-24-32-13-3-5-15-38(32)48(35)49-43(29-42-39-16-7-10-20-45(39)56-46-21-11-8-18-41(46)50(49)52(42)56)47(30)51-40-17-6-9-19-44(40)54-53(55-51)34-25-27-37-33(28-34)23-22-31-12-2-4-14-36(31)37/h2-30,47H,1H3. The smallest absolute Gasteiger partial charge is 0.160 e. The number of fused-ring (bicyclic) bond motifs is 16. The predicted octanol–water partition coefficient (Wildman–Crippen LogP) is 13.8. The minimum absolute atomic E-state index is 0.0229. The van der Waals surface area contributed by atoms with Gasteiger partial charge in [-0.15, -0.1) is 0 Å². The fourth-order valence-electron chi connectivity index (χ4n) is 10.5. The Morgan fingerprint density at radius 3 is 1.91 bits per heavy atom. The van der Waals surface area contributed by atoms with E-state index in [9.17, 15) is 0 Å². The molecule has 3 heterocycles. The van der Waals surface area contributed by atoms with E-state index in [-0.39, 0.29) is 11.8 Å². The fraction of sp³-hybridized carbons (Fsp3) is 0.0566. The van der Waals surface area contributed by atoms with Gasteiger partial charge in [0, 0.05) is 38.4 Å². The summed E-state index contributed by atoms with van der Waals surface area (Å²) in [5, 5.41) is 13.8. The monoisotopic (exact) mass is 711 g/mol. The van der Waals surface area contributed by atoms with E-state index < -0.39 is 0 Å². The van der Waals surface area contributed by atoms with Crippen molar-refractivity contribution in [2.75, 3.05) is 0 Å². The van der Waals surface area contributed by atoms with Crippen LogP contribution in [0.3, 0.4) is 0 Å². The minimum Gasteiger partial charge on any atom is -0.308 e. The molecule has 3 aromatic heterocycles. The summed E-state index contributed by atoms with van der Waals surface area (Å²) in [7, 11) is 0. The summed E-state index contributed by atoms with van der Waals surface area (Å²) < 4.78 is 2.51. The van der Waals surface area contributed by atoms with Crippen molar-refractivity contribution in [3.8, 4) is 22.5 Å². The molecule has 1 aliphatic carbocycles. The van der Waals surface area contributed by atoms with Crippen molar-refractivity contribution in [3.05, 3.63) is 187 Å². The Bertz CT molecular complexity index is 3630. The zero-order valence-electron chi connectivity index (χ0n) is 30.7. The van der Waals surface area contributed by atoms with Gasteiger partial charge >= 0.3 is 0 Å². The Labute approximate surface area is 322 Å². The van der Waals surface area contributed by atoms with Crippen LogP contribution in [0.2, 0.25) is 0 Å². The summed E-state index contributed by atoms with van der Waals surface area (Å²) >= 11 is 0. The summed E-state index contributed by atoms with van der Waals surface area (Å²) in [6.45, 7) is 2.42. The Morgan fingerprint density at radius 2 is 1.07 bits per heavy atom. The van der Waals surface area contributed by atoms with Crippen LogP contribution in [0.15, 0.2) is 170 Å². The lowest BCUT2D eigenvalue weighted by Crippen LogP contribution is -2.19. The van der Waals surface area contributed by atoms with Crippen molar-refractivity contribution in [1.82, 2.24) is 14.4 Å². The lowest BCUT2D eigenvalue weighted by Gasteiger charge is -2.35. The third kappa shape index (κ3) is 3.91. The van der Waals surface area contributed by atoms with Crippen LogP contribution in [-0.2, 0) is 0 Å². The van der Waals surface area contributed by atoms with Crippen LogP contribution in [0.25, 0.3) is 104 Å². The maximum Gasteiger partial charge on any atom is 0.160 e. The molecule has 0 radical (unpaired) electrons. The van der Waals surface area contributed by atoms with Gasteiger partial charge in [-0.2, -0.15) is 0 Å². The van der Waals surface area contributed by atoms with E-state index in [0.717, 1.165) is 28.0 Å². The van der Waals surface area contributed by atoms with Gasteiger partial charge in [0.15, 0.2) is 5.82 Å². The minimum atomic E-state index is -0.0229. The van der Waals surface area contributed by atoms with Crippen molar-refractivity contribution >= 4 is 81.3 Å². The zero-order valence-corrected chi connectivity index (χ0v) is 30.7. The molecule has 0 bridgehead atoms. The summed E-state index contributed by atoms with van der Waals surface area (Å²) in [5.41, 5.74) is 12.3. The number of nitrogens with zero attached hydrogens (tertiary/aromatic N) is 3. The average molecular weight is 712 g/mol. The van der Waals surface area contributed by atoms with Gasteiger partial charge in [-0.3, -0.25) is 0 Å². The molecule has 0 aliphatic heterocycles. The molecule has 9 aromatic carbocycles. The lowest BCUT2D eigenvalue weighted by molar-refractivity contribution is 0.640. The first-order valence-corrected chi connectivity index (χ1v) is 19.6. The van der Waals surface area contributed by atoms with Crippen molar-refractivity contribution in [1.29, 1.82) is 0 Å². The second kappa shape index (κ2) is 11.0. The third-order valence-electron chi connectivity index (χ3n) is 12.9. The van der Waals surface area contributed by atoms with Crippen LogP contribution in [0.5, 0.6) is 0 Å². The maximum absolute atomic E-state index is 5.68. The second-order valence-corrected chi connectivity index (χ2v) is 15.7. The summed E-state index contributed by atoms with van der Waals surface area (Å²) in [6, 6.07) is 62.5. The van der Waals surface area contributed by atoms with Gasteiger partial charge in [0.25, 0.3) is 0 Å². The summed E-state index contributed by atoms with van der Waals surface area (Å²) in [6.07, 6.45) is 0. The van der Waals surface area contributed by atoms with Crippen molar-refractivity contribution in [2.24, 2.45) is 0 Å². The molecule has 13 rings (SSSR count). The molecule has 0 spiro atoms. The lowest BCUT2D eigenvalue weighted by atomic mass is 9.68. The van der Waals surface area contributed by atoms with E-state index >= 15 is 0 Å². The third-order valence-corrected chi connectivity index (χ3v) is 12.9. The number of hydrogen-bond acceptors (Lipinski definition) is 2. The number of hydrogen-bond donors (Lipinski definition) is 0. The normalized spacial score (nSPS) is 15.6. The highest BCUT2D eigenvalue weighted by Gasteiger charge is 2.38. The average Bonchev–Trinajstić information content (AvgIpc) is 3.78. The maximum atomic E-state index is 5.68. The molecule has 2 atom stereocenters.